The molecule has 6 nitrogen and oxygen atoms in total. The first kappa shape index (κ1) is 15.7. The van der Waals surface area contributed by atoms with Crippen LogP contribution in [-0.2, 0) is 14.3 Å². The van der Waals surface area contributed by atoms with Crippen LogP contribution in [0.2, 0.25) is 0 Å². The van der Waals surface area contributed by atoms with Crippen molar-refractivity contribution in [3.8, 4) is 0 Å². The van der Waals surface area contributed by atoms with E-state index in [4.69, 9.17) is 9.47 Å². The standard InChI is InChI=1S/C15H24N2O4/c1-12(2)11-21-15(19)17-8-6-16(7-9-17)14(18)13-5-3-4-10-20-13/h5,12H,3-4,6-11H2,1-2H3. The van der Waals surface area contributed by atoms with Crippen molar-refractivity contribution in [3.05, 3.63) is 11.8 Å². The summed E-state index contributed by atoms with van der Waals surface area (Å²) in [6, 6.07) is 0. The Morgan fingerprint density at radius 1 is 1.24 bits per heavy atom. The summed E-state index contributed by atoms with van der Waals surface area (Å²) in [7, 11) is 0. The predicted molar refractivity (Wildman–Crippen MR) is 77.6 cm³/mol. The van der Waals surface area contributed by atoms with Crippen molar-refractivity contribution in [2.45, 2.75) is 26.7 Å². The van der Waals surface area contributed by atoms with Gasteiger partial charge < -0.3 is 19.3 Å². The van der Waals surface area contributed by atoms with Crippen LogP contribution < -0.4 is 0 Å². The smallest absolute Gasteiger partial charge is 0.409 e. The topological polar surface area (TPSA) is 59.1 Å². The summed E-state index contributed by atoms with van der Waals surface area (Å²) in [5, 5.41) is 0. The first-order chi connectivity index (χ1) is 10.1. The number of amides is 2. The van der Waals surface area contributed by atoms with E-state index in [2.05, 4.69) is 0 Å². The lowest BCUT2D eigenvalue weighted by Gasteiger charge is -2.34. The van der Waals surface area contributed by atoms with E-state index in [-0.39, 0.29) is 12.0 Å². The summed E-state index contributed by atoms with van der Waals surface area (Å²) in [5.74, 6) is 0.717. The lowest BCUT2D eigenvalue weighted by atomic mass is 10.2. The van der Waals surface area contributed by atoms with Gasteiger partial charge in [-0.1, -0.05) is 13.8 Å². The summed E-state index contributed by atoms with van der Waals surface area (Å²) in [5.41, 5.74) is 0. The molecular weight excluding hydrogens is 272 g/mol. The number of hydrogen-bond donors (Lipinski definition) is 0. The molecule has 2 aliphatic heterocycles. The highest BCUT2D eigenvalue weighted by Crippen LogP contribution is 2.14. The third-order valence-electron chi connectivity index (χ3n) is 3.51. The van der Waals surface area contributed by atoms with Gasteiger partial charge in [0.1, 0.15) is 0 Å². The Bertz CT molecular complexity index is 412. The average Bonchev–Trinajstić information content (AvgIpc) is 2.53. The number of carbonyl (C=O) groups is 2. The normalized spacial score (nSPS) is 19.1. The van der Waals surface area contributed by atoms with Crippen LogP contribution in [0.4, 0.5) is 4.79 Å². The van der Waals surface area contributed by atoms with Crippen molar-refractivity contribution in [1.82, 2.24) is 9.80 Å². The summed E-state index contributed by atoms with van der Waals surface area (Å²) in [6.07, 6.45) is 3.42. The van der Waals surface area contributed by atoms with Gasteiger partial charge in [0.25, 0.3) is 5.91 Å². The number of ether oxygens (including phenoxy) is 2. The van der Waals surface area contributed by atoms with E-state index >= 15 is 0 Å². The van der Waals surface area contributed by atoms with Crippen molar-refractivity contribution in [2.24, 2.45) is 5.92 Å². The third-order valence-corrected chi connectivity index (χ3v) is 3.51. The summed E-state index contributed by atoms with van der Waals surface area (Å²) in [4.78, 5) is 27.5. The van der Waals surface area contributed by atoms with Crippen LogP contribution in [0.3, 0.4) is 0 Å². The maximum atomic E-state index is 12.2. The lowest BCUT2D eigenvalue weighted by Crippen LogP contribution is -2.51. The molecule has 21 heavy (non-hydrogen) atoms. The molecule has 0 N–H and O–H groups in total. The number of hydrogen-bond acceptors (Lipinski definition) is 4. The monoisotopic (exact) mass is 296 g/mol. The molecule has 1 saturated heterocycles. The van der Waals surface area contributed by atoms with Crippen LogP contribution in [0, 0.1) is 5.92 Å². The second-order valence-corrected chi connectivity index (χ2v) is 5.81. The van der Waals surface area contributed by atoms with Gasteiger partial charge in [0.15, 0.2) is 5.76 Å². The van der Waals surface area contributed by atoms with E-state index in [1.807, 2.05) is 19.9 Å². The van der Waals surface area contributed by atoms with Crippen molar-refractivity contribution < 1.29 is 19.1 Å². The second kappa shape index (κ2) is 7.33. The molecule has 0 bridgehead atoms. The average molecular weight is 296 g/mol. The fourth-order valence-corrected chi connectivity index (χ4v) is 2.28. The maximum Gasteiger partial charge on any atom is 0.409 e. The van der Waals surface area contributed by atoms with Crippen LogP contribution in [0.1, 0.15) is 26.7 Å². The first-order valence-electron chi connectivity index (χ1n) is 7.62. The molecule has 0 aromatic heterocycles. The van der Waals surface area contributed by atoms with E-state index in [0.29, 0.717) is 51.1 Å². The first-order valence-corrected chi connectivity index (χ1v) is 7.62. The second-order valence-electron chi connectivity index (χ2n) is 5.81. The van der Waals surface area contributed by atoms with E-state index in [1.54, 1.807) is 9.80 Å². The molecule has 6 heteroatoms. The zero-order valence-corrected chi connectivity index (χ0v) is 12.8. The molecule has 2 rings (SSSR count). The molecule has 0 radical (unpaired) electrons. The van der Waals surface area contributed by atoms with Gasteiger partial charge in [0.2, 0.25) is 0 Å². The Hall–Kier alpha value is -1.72. The van der Waals surface area contributed by atoms with Gasteiger partial charge in [0.05, 0.1) is 13.2 Å². The van der Waals surface area contributed by atoms with E-state index < -0.39 is 0 Å². The number of nitrogens with zero attached hydrogens (tertiary/aromatic N) is 2. The quantitative estimate of drug-likeness (QED) is 0.794. The summed E-state index contributed by atoms with van der Waals surface area (Å²) < 4.78 is 10.6. The Kier molecular flexibility index (Phi) is 5.47. The minimum atomic E-state index is -0.288. The molecule has 0 aromatic rings. The molecule has 1 fully saturated rings. The number of carbonyl (C=O) groups excluding carboxylic acids is 2. The van der Waals surface area contributed by atoms with Crippen LogP contribution in [0.5, 0.6) is 0 Å². The number of allylic oxidation sites excluding steroid dienone is 1. The van der Waals surface area contributed by atoms with Crippen LogP contribution >= 0.6 is 0 Å². The summed E-state index contributed by atoms with van der Waals surface area (Å²) in [6.45, 7) is 7.11. The molecule has 2 aliphatic rings. The molecule has 118 valence electrons. The molecule has 0 saturated carbocycles. The predicted octanol–water partition coefficient (Wildman–Crippen LogP) is 1.62. The molecule has 0 aliphatic carbocycles. The van der Waals surface area contributed by atoms with Gasteiger partial charge in [-0.05, 0) is 24.8 Å². The van der Waals surface area contributed by atoms with Gasteiger partial charge in [-0.2, -0.15) is 0 Å². The zero-order chi connectivity index (χ0) is 15.2. The van der Waals surface area contributed by atoms with Crippen LogP contribution in [-0.4, -0.2) is 61.2 Å². The van der Waals surface area contributed by atoms with Gasteiger partial charge in [-0.3, -0.25) is 4.79 Å². The van der Waals surface area contributed by atoms with E-state index in [0.717, 1.165) is 12.8 Å². The van der Waals surface area contributed by atoms with Crippen molar-refractivity contribution in [1.29, 1.82) is 0 Å². The Labute approximate surface area is 125 Å². The molecule has 0 spiro atoms. The maximum absolute atomic E-state index is 12.2. The Morgan fingerprint density at radius 2 is 1.90 bits per heavy atom. The van der Waals surface area contributed by atoms with Crippen molar-refractivity contribution in [3.63, 3.8) is 0 Å². The fraction of sp³-hybridized carbons (Fsp3) is 0.733. The molecule has 0 atom stereocenters. The Morgan fingerprint density at radius 3 is 2.48 bits per heavy atom. The minimum absolute atomic E-state index is 0.0649. The molecule has 0 unspecified atom stereocenters. The lowest BCUT2D eigenvalue weighted by molar-refractivity contribution is -0.132. The molecule has 2 amide bonds. The van der Waals surface area contributed by atoms with Crippen LogP contribution in [0.15, 0.2) is 11.8 Å². The summed E-state index contributed by atoms with van der Waals surface area (Å²) >= 11 is 0. The highest BCUT2D eigenvalue weighted by atomic mass is 16.6. The number of rotatable bonds is 3. The zero-order valence-electron chi connectivity index (χ0n) is 12.8. The SMILES string of the molecule is CC(C)COC(=O)N1CCN(C(=O)C2=CCCCO2)CC1. The van der Waals surface area contributed by atoms with Gasteiger partial charge in [0, 0.05) is 26.2 Å². The third kappa shape index (κ3) is 4.37. The highest BCUT2D eigenvalue weighted by molar-refractivity contribution is 5.91. The Balaban J connectivity index is 1.78. The van der Waals surface area contributed by atoms with E-state index in [9.17, 15) is 9.59 Å². The van der Waals surface area contributed by atoms with Crippen molar-refractivity contribution >= 4 is 12.0 Å². The number of piperazine rings is 1. The molecular formula is C15H24N2O4. The highest BCUT2D eigenvalue weighted by Gasteiger charge is 2.27. The van der Waals surface area contributed by atoms with Gasteiger partial charge >= 0.3 is 6.09 Å². The largest absolute Gasteiger partial charge is 0.488 e. The van der Waals surface area contributed by atoms with E-state index in [1.165, 1.54) is 0 Å². The molecule has 0 aromatic carbocycles. The van der Waals surface area contributed by atoms with Crippen molar-refractivity contribution in [2.75, 3.05) is 39.4 Å². The van der Waals surface area contributed by atoms with Crippen LogP contribution in [0.25, 0.3) is 0 Å². The minimum Gasteiger partial charge on any atom is -0.488 e. The van der Waals surface area contributed by atoms with Gasteiger partial charge in [-0.25, -0.2) is 4.79 Å². The fourth-order valence-electron chi connectivity index (χ4n) is 2.28. The van der Waals surface area contributed by atoms with Gasteiger partial charge in [-0.15, -0.1) is 0 Å². The molecule has 2 heterocycles.